The Balaban J connectivity index is 2.81. The van der Waals surface area contributed by atoms with Crippen LogP contribution in [0.3, 0.4) is 0 Å². The molecule has 0 atom stereocenters. The molecule has 0 aromatic heterocycles. The van der Waals surface area contributed by atoms with Crippen LogP contribution < -0.4 is 10.4 Å². The van der Waals surface area contributed by atoms with Gasteiger partial charge in [-0.1, -0.05) is 80.4 Å². The van der Waals surface area contributed by atoms with Crippen molar-refractivity contribution < 1.29 is 0 Å². The Morgan fingerprint density at radius 3 is 1.06 bits per heavy atom. The number of halogens is 2. The summed E-state index contributed by atoms with van der Waals surface area (Å²) in [7, 11) is 0. The van der Waals surface area contributed by atoms with E-state index in [0.29, 0.717) is 0 Å². The van der Waals surface area contributed by atoms with Gasteiger partial charge < -0.3 is 0 Å². The monoisotopic (exact) mass is 360 g/mol. The van der Waals surface area contributed by atoms with E-state index in [1.807, 2.05) is 9.97 Å². The molecule has 0 N–H and O–H groups in total. The topological polar surface area (TPSA) is 0 Å². The molecule has 0 unspecified atom stereocenters. The van der Waals surface area contributed by atoms with E-state index in [1.54, 1.807) is 0 Å². The third-order valence-electron chi connectivity index (χ3n) is 3.23. The van der Waals surface area contributed by atoms with Gasteiger partial charge >= 0.3 is 0 Å². The average molecular weight is 362 g/mol. The van der Waals surface area contributed by atoms with Crippen molar-refractivity contribution >= 4 is 63.4 Å². The van der Waals surface area contributed by atoms with E-state index in [1.165, 1.54) is 32.0 Å². The van der Waals surface area contributed by atoms with Crippen molar-refractivity contribution in [3.63, 3.8) is 0 Å². The minimum absolute atomic E-state index is 1.24. The molecule has 0 spiro atoms. The Kier molecular flexibility index (Phi) is 3.23. The summed E-state index contributed by atoms with van der Waals surface area (Å²) in [5.41, 5.74) is 0. The van der Waals surface area contributed by atoms with Crippen molar-refractivity contribution in [2.45, 2.75) is 0 Å². The van der Waals surface area contributed by atoms with Crippen LogP contribution in [-0.4, -0.2) is 0 Å². The van der Waals surface area contributed by atoms with E-state index in [9.17, 15) is 0 Å². The summed E-state index contributed by atoms with van der Waals surface area (Å²) in [6, 6.07) is 17.0. The summed E-state index contributed by atoms with van der Waals surface area (Å²) in [5, 5.41) is 7.52. The molecule has 3 aromatic carbocycles. The molecule has 0 bridgehead atoms. The van der Waals surface area contributed by atoms with Gasteiger partial charge in [0.05, 0.1) is 0 Å². The maximum absolute atomic E-state index is 3.50. The smallest absolute Gasteiger partial charge is 0.00297 e. The van der Waals surface area contributed by atoms with E-state index in [4.69, 9.17) is 0 Å². The lowest BCUT2D eigenvalue weighted by atomic mass is 9.99. The number of benzene rings is 3. The minimum Gasteiger partial charge on any atom is -0.0616 e. The average Bonchev–Trinajstić information content (AvgIpc) is 2.44. The molecular formula is C16H10Br2. The van der Waals surface area contributed by atoms with Crippen LogP contribution in [0.1, 0.15) is 0 Å². The number of hydrogen-bond acceptors (Lipinski definition) is 0. The van der Waals surface area contributed by atoms with Gasteiger partial charge in [-0.25, -0.2) is 0 Å². The highest BCUT2D eigenvalue weighted by Crippen LogP contribution is 2.14. The molecule has 18 heavy (non-hydrogen) atoms. The molecule has 0 aliphatic rings. The Labute approximate surface area is 122 Å². The van der Waals surface area contributed by atoms with Gasteiger partial charge in [0.1, 0.15) is 0 Å². The van der Waals surface area contributed by atoms with E-state index in [-0.39, 0.29) is 0 Å². The molecule has 0 nitrogen and oxygen atoms in total. The summed E-state index contributed by atoms with van der Waals surface area (Å²) < 4.78 is 0. The molecule has 0 fully saturated rings. The van der Waals surface area contributed by atoms with E-state index >= 15 is 0 Å². The predicted molar refractivity (Wildman–Crippen MR) is 87.5 cm³/mol. The fourth-order valence-electron chi connectivity index (χ4n) is 2.43. The van der Waals surface area contributed by atoms with Gasteiger partial charge in [-0.05, 0) is 42.0 Å². The first-order chi connectivity index (χ1) is 8.86. The van der Waals surface area contributed by atoms with Crippen LogP contribution in [-0.2, 0) is 0 Å². The van der Waals surface area contributed by atoms with Gasteiger partial charge in [-0.2, -0.15) is 0 Å². The predicted octanol–water partition coefficient (Wildman–Crippen LogP) is 4.26. The molecular weight excluding hydrogens is 352 g/mol. The fourth-order valence-corrected chi connectivity index (χ4v) is 3.42. The second-order valence-corrected chi connectivity index (χ2v) is 5.05. The van der Waals surface area contributed by atoms with Crippen molar-refractivity contribution in [2.24, 2.45) is 0 Å². The second-order valence-electron chi connectivity index (χ2n) is 4.14. The zero-order chi connectivity index (χ0) is 12.5. The number of rotatable bonds is 0. The SMILES string of the molecule is BrC=c1c2ccccc2c(=CBr)c2ccccc12. The summed E-state index contributed by atoms with van der Waals surface area (Å²) in [4.78, 5) is 4.02. The molecule has 3 rings (SSSR count). The maximum atomic E-state index is 3.50. The first-order valence-corrected chi connectivity index (χ1v) is 7.50. The Hall–Kier alpha value is -1.12. The highest BCUT2D eigenvalue weighted by Gasteiger charge is 2.03. The Morgan fingerprint density at radius 2 is 0.833 bits per heavy atom. The zero-order valence-electron chi connectivity index (χ0n) is 9.53. The second kappa shape index (κ2) is 4.87. The highest BCUT2D eigenvalue weighted by atomic mass is 79.9. The molecule has 2 heteroatoms. The van der Waals surface area contributed by atoms with Crippen LogP contribution in [0.4, 0.5) is 0 Å². The lowest BCUT2D eigenvalue weighted by Gasteiger charge is -2.06. The highest BCUT2D eigenvalue weighted by molar-refractivity contribution is 9.14. The molecule has 0 saturated heterocycles. The van der Waals surface area contributed by atoms with Gasteiger partial charge in [0.25, 0.3) is 0 Å². The molecule has 3 aromatic rings. The molecule has 0 amide bonds. The third kappa shape index (κ3) is 1.72. The van der Waals surface area contributed by atoms with Gasteiger partial charge in [-0.15, -0.1) is 0 Å². The normalized spacial score (nSPS) is 10.8. The molecule has 0 radical (unpaired) electrons. The molecule has 0 saturated carbocycles. The summed E-state index contributed by atoms with van der Waals surface area (Å²) >= 11 is 7.00. The Morgan fingerprint density at radius 1 is 0.556 bits per heavy atom. The minimum atomic E-state index is 1.24. The van der Waals surface area contributed by atoms with Crippen LogP contribution in [0, 0.1) is 0 Å². The summed E-state index contributed by atoms with van der Waals surface area (Å²) in [5.74, 6) is 0. The van der Waals surface area contributed by atoms with Crippen molar-refractivity contribution in [3.8, 4) is 0 Å². The van der Waals surface area contributed by atoms with Crippen LogP contribution in [0.2, 0.25) is 0 Å². The van der Waals surface area contributed by atoms with Crippen LogP contribution in [0.25, 0.3) is 31.5 Å². The van der Waals surface area contributed by atoms with Gasteiger partial charge in [0.15, 0.2) is 0 Å². The zero-order valence-corrected chi connectivity index (χ0v) is 12.7. The lowest BCUT2D eigenvalue weighted by molar-refractivity contribution is 1.69. The largest absolute Gasteiger partial charge is 0.0616 e. The van der Waals surface area contributed by atoms with Crippen molar-refractivity contribution in [3.05, 3.63) is 59.0 Å². The van der Waals surface area contributed by atoms with E-state index < -0.39 is 0 Å². The van der Waals surface area contributed by atoms with E-state index in [2.05, 4.69) is 80.4 Å². The quantitative estimate of drug-likeness (QED) is 0.525. The van der Waals surface area contributed by atoms with Crippen molar-refractivity contribution in [2.75, 3.05) is 0 Å². The van der Waals surface area contributed by atoms with Gasteiger partial charge in [-0.3, -0.25) is 0 Å². The fraction of sp³-hybridized carbons (Fsp3) is 0. The standard InChI is InChI=1S/C16H10Br2/c17-9-15-11-5-1-2-6-12(11)16(10-18)14-8-4-3-7-13(14)15/h1-10H. The van der Waals surface area contributed by atoms with Crippen molar-refractivity contribution in [1.82, 2.24) is 0 Å². The lowest BCUT2D eigenvalue weighted by Crippen LogP contribution is -2.13. The van der Waals surface area contributed by atoms with Crippen molar-refractivity contribution in [1.29, 1.82) is 0 Å². The first-order valence-electron chi connectivity index (χ1n) is 5.67. The Bertz CT molecular complexity index is 713. The van der Waals surface area contributed by atoms with Crippen LogP contribution in [0.5, 0.6) is 0 Å². The van der Waals surface area contributed by atoms with Crippen LogP contribution >= 0.6 is 31.9 Å². The maximum Gasteiger partial charge on any atom is -0.00297 e. The van der Waals surface area contributed by atoms with E-state index in [0.717, 1.165) is 0 Å². The summed E-state index contributed by atoms with van der Waals surface area (Å²) in [6.07, 6.45) is 0. The van der Waals surface area contributed by atoms with Gasteiger partial charge in [0.2, 0.25) is 0 Å². The summed E-state index contributed by atoms with van der Waals surface area (Å²) in [6.45, 7) is 0. The third-order valence-corrected chi connectivity index (χ3v) is 4.15. The molecule has 0 heterocycles. The first kappa shape index (κ1) is 11.9. The molecule has 88 valence electrons. The van der Waals surface area contributed by atoms with Gasteiger partial charge in [0, 0.05) is 0 Å². The number of fused-ring (bicyclic) bond motifs is 2. The van der Waals surface area contributed by atoms with Crippen LogP contribution in [0.15, 0.2) is 48.5 Å². The number of hydrogen-bond donors (Lipinski definition) is 0. The molecule has 0 aliphatic heterocycles. The molecule has 0 aliphatic carbocycles.